The molecule has 1 rings (SSSR count). The molecule has 1 saturated carbocycles. The van der Waals surface area contributed by atoms with Gasteiger partial charge in [-0.2, -0.15) is 0 Å². The van der Waals surface area contributed by atoms with Crippen molar-refractivity contribution < 1.29 is 19.8 Å². The molecule has 0 spiro atoms. The Balaban J connectivity index is 2.69. The number of hydrogen-bond donors (Lipinski definition) is 2. The summed E-state index contributed by atoms with van der Waals surface area (Å²) in [6, 6.07) is 0. The highest BCUT2D eigenvalue weighted by Crippen LogP contribution is 2.43. The van der Waals surface area contributed by atoms with E-state index >= 15 is 0 Å². The Morgan fingerprint density at radius 1 is 0.708 bits per heavy atom. The van der Waals surface area contributed by atoms with Gasteiger partial charge >= 0.3 is 11.9 Å². The zero-order chi connectivity index (χ0) is 17.9. The Bertz CT molecular complexity index is 344. The van der Waals surface area contributed by atoms with Crippen LogP contribution in [0, 0.1) is 23.7 Å². The van der Waals surface area contributed by atoms with Gasteiger partial charge in [-0.25, -0.2) is 0 Å². The van der Waals surface area contributed by atoms with E-state index in [0.29, 0.717) is 0 Å². The summed E-state index contributed by atoms with van der Waals surface area (Å²) < 4.78 is 0. The van der Waals surface area contributed by atoms with Gasteiger partial charge in [0.1, 0.15) is 0 Å². The molecule has 140 valence electrons. The molecule has 0 bridgehead atoms. The summed E-state index contributed by atoms with van der Waals surface area (Å²) in [6.07, 6.45) is 12.4. The average molecular weight is 341 g/mol. The average Bonchev–Trinajstić information content (AvgIpc) is 2.55. The molecular weight excluding hydrogens is 304 g/mol. The number of hydrogen-bond acceptors (Lipinski definition) is 2. The Kier molecular flexibility index (Phi) is 10.0. The van der Waals surface area contributed by atoms with Gasteiger partial charge in [0.05, 0.1) is 11.8 Å². The van der Waals surface area contributed by atoms with E-state index in [-0.39, 0.29) is 11.8 Å². The molecule has 0 aliphatic heterocycles. The van der Waals surface area contributed by atoms with Crippen LogP contribution >= 0.6 is 0 Å². The highest BCUT2D eigenvalue weighted by Gasteiger charge is 2.46. The lowest BCUT2D eigenvalue weighted by Crippen LogP contribution is -2.43. The van der Waals surface area contributed by atoms with E-state index in [2.05, 4.69) is 13.8 Å². The molecule has 0 radical (unpaired) electrons. The monoisotopic (exact) mass is 340 g/mol. The molecule has 1 aliphatic carbocycles. The second-order valence-corrected chi connectivity index (χ2v) is 7.52. The van der Waals surface area contributed by atoms with E-state index in [4.69, 9.17) is 0 Å². The number of aliphatic carboxylic acids is 2. The fourth-order valence-corrected chi connectivity index (χ4v) is 4.40. The van der Waals surface area contributed by atoms with Crippen molar-refractivity contribution in [3.63, 3.8) is 0 Å². The molecule has 4 heteroatoms. The van der Waals surface area contributed by atoms with Crippen LogP contribution in [0.4, 0.5) is 0 Å². The topological polar surface area (TPSA) is 74.6 Å². The van der Waals surface area contributed by atoms with Gasteiger partial charge in [-0.05, 0) is 37.5 Å². The molecule has 4 atom stereocenters. The predicted octanol–water partition coefficient (Wildman–Crippen LogP) is 5.36. The summed E-state index contributed by atoms with van der Waals surface area (Å²) in [7, 11) is 0. The molecule has 1 fully saturated rings. The summed E-state index contributed by atoms with van der Waals surface area (Å²) in [5, 5.41) is 19.4. The quantitative estimate of drug-likeness (QED) is 0.469. The fraction of sp³-hybridized carbons (Fsp3) is 0.900. The number of carboxylic acid groups (broad SMARTS) is 2. The van der Waals surface area contributed by atoms with E-state index in [1.54, 1.807) is 0 Å². The first-order valence-electron chi connectivity index (χ1n) is 9.98. The van der Waals surface area contributed by atoms with Gasteiger partial charge in [-0.3, -0.25) is 9.59 Å². The third-order valence-electron chi connectivity index (χ3n) is 5.74. The molecule has 4 nitrogen and oxygen atoms in total. The van der Waals surface area contributed by atoms with Crippen LogP contribution < -0.4 is 0 Å². The first-order chi connectivity index (χ1) is 11.5. The molecule has 0 aromatic heterocycles. The summed E-state index contributed by atoms with van der Waals surface area (Å²) >= 11 is 0. The second-order valence-electron chi connectivity index (χ2n) is 7.52. The third-order valence-corrected chi connectivity index (χ3v) is 5.74. The highest BCUT2D eigenvalue weighted by atomic mass is 16.4. The summed E-state index contributed by atoms with van der Waals surface area (Å²) in [6.45, 7) is 4.31. The van der Waals surface area contributed by atoms with Crippen LogP contribution in [0.3, 0.4) is 0 Å². The van der Waals surface area contributed by atoms with Crippen molar-refractivity contribution in [2.24, 2.45) is 23.7 Å². The van der Waals surface area contributed by atoms with Crippen LogP contribution in [0.1, 0.15) is 90.9 Å². The lowest BCUT2D eigenvalue weighted by Gasteiger charge is -2.39. The number of carboxylic acids is 2. The van der Waals surface area contributed by atoms with Gasteiger partial charge in [0, 0.05) is 0 Å². The molecule has 0 amide bonds. The van der Waals surface area contributed by atoms with Crippen molar-refractivity contribution in [3.8, 4) is 0 Å². The molecule has 0 saturated heterocycles. The van der Waals surface area contributed by atoms with Crippen LogP contribution in [-0.2, 0) is 9.59 Å². The minimum Gasteiger partial charge on any atom is -0.481 e. The third kappa shape index (κ3) is 6.45. The van der Waals surface area contributed by atoms with Crippen molar-refractivity contribution in [2.45, 2.75) is 90.9 Å². The maximum atomic E-state index is 11.8. The lowest BCUT2D eigenvalue weighted by molar-refractivity contribution is -0.162. The van der Waals surface area contributed by atoms with Crippen LogP contribution in [0.2, 0.25) is 0 Å². The Morgan fingerprint density at radius 2 is 1.08 bits per heavy atom. The predicted molar refractivity (Wildman–Crippen MR) is 96.0 cm³/mol. The van der Waals surface area contributed by atoms with Gasteiger partial charge < -0.3 is 10.2 Å². The maximum Gasteiger partial charge on any atom is 0.307 e. The van der Waals surface area contributed by atoms with Gasteiger partial charge in [-0.1, -0.05) is 65.2 Å². The second kappa shape index (κ2) is 11.5. The molecular formula is C20H36O4. The SMILES string of the molecule is CCCCCCC1CCC(CCCCCC)C(C(=O)O)C1C(=O)O. The molecule has 0 aromatic rings. The van der Waals surface area contributed by atoms with Crippen molar-refractivity contribution in [1.29, 1.82) is 0 Å². The Hall–Kier alpha value is -1.06. The van der Waals surface area contributed by atoms with Gasteiger partial charge in [0.2, 0.25) is 0 Å². The highest BCUT2D eigenvalue weighted by molar-refractivity contribution is 5.80. The van der Waals surface area contributed by atoms with E-state index in [0.717, 1.165) is 64.2 Å². The Labute approximate surface area is 147 Å². The minimum absolute atomic E-state index is 0.0346. The zero-order valence-corrected chi connectivity index (χ0v) is 15.5. The molecule has 1 aliphatic rings. The number of rotatable bonds is 12. The minimum atomic E-state index is -0.902. The van der Waals surface area contributed by atoms with Gasteiger partial charge in [-0.15, -0.1) is 0 Å². The molecule has 0 aromatic carbocycles. The lowest BCUT2D eigenvalue weighted by atomic mass is 9.64. The Morgan fingerprint density at radius 3 is 1.38 bits per heavy atom. The summed E-state index contributed by atoms with van der Waals surface area (Å²) in [5.41, 5.74) is 0. The standard InChI is InChI=1S/C20H36O4/c1-3-5-7-9-11-15-13-14-16(12-10-8-6-4-2)18(20(23)24)17(15)19(21)22/h15-18H,3-14H2,1-2H3,(H,21,22)(H,23,24). The maximum absolute atomic E-state index is 11.8. The van der Waals surface area contributed by atoms with Crippen LogP contribution in [0.25, 0.3) is 0 Å². The van der Waals surface area contributed by atoms with E-state index in [1.807, 2.05) is 0 Å². The smallest absolute Gasteiger partial charge is 0.307 e. The normalized spacial score (nSPS) is 27.1. The fourth-order valence-electron chi connectivity index (χ4n) is 4.40. The van der Waals surface area contributed by atoms with E-state index in [1.165, 1.54) is 12.8 Å². The number of unbranched alkanes of at least 4 members (excludes halogenated alkanes) is 6. The largest absolute Gasteiger partial charge is 0.481 e. The van der Waals surface area contributed by atoms with Gasteiger partial charge in [0.25, 0.3) is 0 Å². The zero-order valence-electron chi connectivity index (χ0n) is 15.5. The summed E-state index contributed by atoms with van der Waals surface area (Å²) in [5.74, 6) is -3.13. The van der Waals surface area contributed by atoms with Gasteiger partial charge in [0.15, 0.2) is 0 Å². The van der Waals surface area contributed by atoms with Crippen LogP contribution in [0.5, 0.6) is 0 Å². The molecule has 0 heterocycles. The van der Waals surface area contributed by atoms with Crippen LogP contribution in [0.15, 0.2) is 0 Å². The van der Waals surface area contributed by atoms with E-state index < -0.39 is 23.8 Å². The van der Waals surface area contributed by atoms with Crippen molar-refractivity contribution >= 4 is 11.9 Å². The van der Waals surface area contributed by atoms with Crippen molar-refractivity contribution in [3.05, 3.63) is 0 Å². The first kappa shape index (κ1) is 21.0. The first-order valence-corrected chi connectivity index (χ1v) is 9.98. The summed E-state index contributed by atoms with van der Waals surface area (Å²) in [4.78, 5) is 23.7. The van der Waals surface area contributed by atoms with Crippen molar-refractivity contribution in [1.82, 2.24) is 0 Å². The van der Waals surface area contributed by atoms with E-state index in [9.17, 15) is 19.8 Å². The number of carbonyl (C=O) groups is 2. The molecule has 24 heavy (non-hydrogen) atoms. The molecule has 2 N–H and O–H groups in total. The molecule has 4 unspecified atom stereocenters. The van der Waals surface area contributed by atoms with Crippen molar-refractivity contribution in [2.75, 3.05) is 0 Å². The van der Waals surface area contributed by atoms with Crippen LogP contribution in [-0.4, -0.2) is 22.2 Å².